The predicted octanol–water partition coefficient (Wildman–Crippen LogP) is 4.61. The van der Waals surface area contributed by atoms with Crippen molar-refractivity contribution in [2.75, 3.05) is 25.6 Å². The van der Waals surface area contributed by atoms with Gasteiger partial charge in [0.2, 0.25) is 5.95 Å². The van der Waals surface area contributed by atoms with Gasteiger partial charge in [0.25, 0.3) is 0 Å². The Morgan fingerprint density at radius 1 is 1.13 bits per heavy atom. The summed E-state index contributed by atoms with van der Waals surface area (Å²) in [6, 6.07) is 16.0. The zero-order valence-electron chi connectivity index (χ0n) is 17.3. The van der Waals surface area contributed by atoms with Crippen molar-refractivity contribution in [3.63, 3.8) is 0 Å². The molecule has 30 heavy (non-hydrogen) atoms. The highest BCUT2D eigenvalue weighted by Crippen LogP contribution is 2.25. The Hall–Kier alpha value is -2.83. The van der Waals surface area contributed by atoms with Crippen LogP contribution in [-0.4, -0.2) is 35.1 Å². The smallest absolute Gasteiger partial charge is 0.227 e. The quantitative estimate of drug-likeness (QED) is 0.595. The molecule has 0 atom stereocenters. The van der Waals surface area contributed by atoms with Crippen LogP contribution in [0.25, 0.3) is 0 Å². The lowest BCUT2D eigenvalue weighted by Crippen LogP contribution is -2.31. The van der Waals surface area contributed by atoms with Gasteiger partial charge in [0.15, 0.2) is 0 Å². The van der Waals surface area contributed by atoms with Crippen LogP contribution in [-0.2, 0) is 19.5 Å². The Bertz CT molecular complexity index is 983. The van der Waals surface area contributed by atoms with Crippen LogP contribution >= 0.6 is 12.4 Å². The van der Waals surface area contributed by atoms with E-state index >= 15 is 0 Å². The highest BCUT2D eigenvalue weighted by atomic mass is 35.5. The molecule has 1 N–H and O–H groups in total. The molecule has 0 aliphatic carbocycles. The highest BCUT2D eigenvalue weighted by molar-refractivity contribution is 5.85. The number of nitrogens with one attached hydrogen (secondary N) is 1. The normalized spacial score (nSPS) is 13.1. The molecule has 3 aromatic rings. The van der Waals surface area contributed by atoms with E-state index in [0.717, 1.165) is 48.9 Å². The Labute approximate surface area is 183 Å². The second-order valence-electron chi connectivity index (χ2n) is 7.02. The number of ether oxygens (including phenoxy) is 2. The van der Waals surface area contributed by atoms with E-state index in [0.29, 0.717) is 12.6 Å². The molecule has 0 saturated carbocycles. The molecule has 0 bridgehead atoms. The molecule has 7 heteroatoms. The molecule has 1 aliphatic heterocycles. The maximum Gasteiger partial charge on any atom is 0.227 e. The van der Waals surface area contributed by atoms with Gasteiger partial charge in [-0.05, 0) is 25.1 Å². The van der Waals surface area contributed by atoms with E-state index in [9.17, 15) is 0 Å². The summed E-state index contributed by atoms with van der Waals surface area (Å²) < 4.78 is 11.0. The van der Waals surface area contributed by atoms with Gasteiger partial charge in [0.05, 0.1) is 19.4 Å². The summed E-state index contributed by atoms with van der Waals surface area (Å²) in [5.41, 5.74) is 4.42. The number of fused-ring (bicyclic) bond motifs is 1. The number of benzene rings is 2. The predicted molar refractivity (Wildman–Crippen MR) is 121 cm³/mol. The summed E-state index contributed by atoms with van der Waals surface area (Å²) in [5.74, 6) is 2.39. The average Bonchev–Trinajstić information content (AvgIpc) is 2.75. The zero-order chi connectivity index (χ0) is 20.1. The maximum absolute atomic E-state index is 5.77. The number of aromatic nitrogens is 2. The van der Waals surface area contributed by atoms with Crippen molar-refractivity contribution < 1.29 is 9.47 Å². The van der Waals surface area contributed by atoms with Crippen LogP contribution in [0.3, 0.4) is 0 Å². The third-order valence-electron chi connectivity index (χ3n) is 5.01. The van der Waals surface area contributed by atoms with Gasteiger partial charge in [-0.25, -0.2) is 9.97 Å². The van der Waals surface area contributed by atoms with Crippen LogP contribution in [0.4, 0.5) is 11.6 Å². The summed E-state index contributed by atoms with van der Waals surface area (Å²) in [5, 5.41) is 3.27. The Morgan fingerprint density at radius 2 is 2.00 bits per heavy atom. The van der Waals surface area contributed by atoms with Crippen LogP contribution in [0.2, 0.25) is 0 Å². The molecule has 4 rings (SSSR count). The molecular formula is C23H27ClN4O2. The van der Waals surface area contributed by atoms with Gasteiger partial charge >= 0.3 is 0 Å². The van der Waals surface area contributed by atoms with Crippen molar-refractivity contribution in [3.05, 3.63) is 71.5 Å². The molecule has 0 unspecified atom stereocenters. The van der Waals surface area contributed by atoms with E-state index in [1.807, 2.05) is 49.5 Å². The van der Waals surface area contributed by atoms with Crippen molar-refractivity contribution in [2.24, 2.45) is 0 Å². The molecule has 2 aromatic carbocycles. The Balaban J connectivity index is 0.00000256. The third-order valence-corrected chi connectivity index (χ3v) is 5.01. The lowest BCUT2D eigenvalue weighted by atomic mass is 10.1. The van der Waals surface area contributed by atoms with E-state index < -0.39 is 0 Å². The zero-order valence-corrected chi connectivity index (χ0v) is 18.1. The van der Waals surface area contributed by atoms with Gasteiger partial charge in [0, 0.05) is 55.1 Å². The third kappa shape index (κ3) is 5.20. The second kappa shape index (κ2) is 10.3. The molecule has 1 aromatic heterocycles. The molecule has 0 spiro atoms. The average molecular weight is 427 g/mol. The largest absolute Gasteiger partial charge is 0.497 e. The summed E-state index contributed by atoms with van der Waals surface area (Å²) >= 11 is 0. The second-order valence-corrected chi connectivity index (χ2v) is 7.02. The summed E-state index contributed by atoms with van der Waals surface area (Å²) in [6.45, 7) is 5.36. The van der Waals surface area contributed by atoms with Crippen LogP contribution in [0, 0.1) is 0 Å². The van der Waals surface area contributed by atoms with Crippen molar-refractivity contribution in [1.82, 2.24) is 14.9 Å². The first-order valence-corrected chi connectivity index (χ1v) is 9.94. The Morgan fingerprint density at radius 3 is 2.83 bits per heavy atom. The van der Waals surface area contributed by atoms with Gasteiger partial charge in [-0.15, -0.1) is 12.4 Å². The minimum atomic E-state index is 0. The number of para-hydroxylation sites is 1. The van der Waals surface area contributed by atoms with Gasteiger partial charge in [-0.3, -0.25) is 4.90 Å². The molecule has 0 saturated heterocycles. The van der Waals surface area contributed by atoms with E-state index in [1.54, 1.807) is 7.11 Å². The fourth-order valence-electron chi connectivity index (χ4n) is 3.57. The van der Waals surface area contributed by atoms with Gasteiger partial charge in [-0.2, -0.15) is 0 Å². The number of methoxy groups -OCH3 is 1. The molecule has 0 fully saturated rings. The number of anilines is 2. The van der Waals surface area contributed by atoms with Gasteiger partial charge in [-0.1, -0.05) is 24.3 Å². The molecule has 158 valence electrons. The molecule has 0 amide bonds. The number of nitrogens with zero attached hydrogens (tertiary/aromatic N) is 3. The highest BCUT2D eigenvalue weighted by Gasteiger charge is 2.19. The molecule has 1 aliphatic rings. The maximum atomic E-state index is 5.77. The topological polar surface area (TPSA) is 59.5 Å². The molecule has 0 radical (unpaired) electrons. The van der Waals surface area contributed by atoms with E-state index in [2.05, 4.69) is 27.3 Å². The summed E-state index contributed by atoms with van der Waals surface area (Å²) in [7, 11) is 1.66. The number of hydrogen-bond donors (Lipinski definition) is 1. The SMILES string of the molecule is CCOc1ccccc1CN1CCc2nc(Nc3cccc(OC)c3)ncc2C1.Cl. The minimum absolute atomic E-state index is 0. The first-order chi connectivity index (χ1) is 14.2. The minimum Gasteiger partial charge on any atom is -0.497 e. The summed E-state index contributed by atoms with van der Waals surface area (Å²) in [4.78, 5) is 11.7. The van der Waals surface area contributed by atoms with Crippen molar-refractivity contribution >= 4 is 24.0 Å². The number of halogens is 1. The number of hydrogen-bond acceptors (Lipinski definition) is 6. The lowest BCUT2D eigenvalue weighted by Gasteiger charge is -2.28. The van der Waals surface area contributed by atoms with Crippen LogP contribution in [0.15, 0.2) is 54.7 Å². The lowest BCUT2D eigenvalue weighted by molar-refractivity contribution is 0.237. The van der Waals surface area contributed by atoms with Gasteiger partial charge in [0.1, 0.15) is 11.5 Å². The first kappa shape index (κ1) is 21.9. The molecule has 6 nitrogen and oxygen atoms in total. The van der Waals surface area contributed by atoms with Crippen molar-refractivity contribution in [1.29, 1.82) is 0 Å². The molecule has 2 heterocycles. The van der Waals surface area contributed by atoms with E-state index in [4.69, 9.17) is 14.5 Å². The van der Waals surface area contributed by atoms with Crippen LogP contribution in [0.5, 0.6) is 11.5 Å². The van der Waals surface area contributed by atoms with E-state index in [-0.39, 0.29) is 12.4 Å². The van der Waals surface area contributed by atoms with Crippen molar-refractivity contribution in [3.8, 4) is 11.5 Å². The van der Waals surface area contributed by atoms with Crippen LogP contribution < -0.4 is 14.8 Å². The molecular weight excluding hydrogens is 400 g/mol. The first-order valence-electron chi connectivity index (χ1n) is 9.94. The van der Waals surface area contributed by atoms with Crippen molar-refractivity contribution in [2.45, 2.75) is 26.4 Å². The summed E-state index contributed by atoms with van der Waals surface area (Å²) in [6.07, 6.45) is 2.84. The van der Waals surface area contributed by atoms with Gasteiger partial charge < -0.3 is 14.8 Å². The van der Waals surface area contributed by atoms with Crippen LogP contribution in [0.1, 0.15) is 23.7 Å². The Kier molecular flexibility index (Phi) is 7.49. The standard InChI is InChI=1S/C23H26N4O2.ClH/c1-3-29-22-10-5-4-7-17(22)15-27-12-11-21-18(16-27)14-24-23(26-21)25-19-8-6-9-20(13-19)28-2;/h4-10,13-14H,3,11-12,15-16H2,1-2H3,(H,24,25,26);1H. The fraction of sp³-hybridized carbons (Fsp3) is 0.304. The monoisotopic (exact) mass is 426 g/mol. The van der Waals surface area contributed by atoms with E-state index in [1.165, 1.54) is 11.1 Å². The fourth-order valence-corrected chi connectivity index (χ4v) is 3.57. The number of rotatable bonds is 7.